The maximum absolute atomic E-state index is 12.1. The summed E-state index contributed by atoms with van der Waals surface area (Å²) in [5.74, 6) is 1.56. The van der Waals surface area contributed by atoms with Crippen LogP contribution in [0.1, 0.15) is 58.8 Å². The van der Waals surface area contributed by atoms with Crippen molar-refractivity contribution in [3.63, 3.8) is 0 Å². The van der Waals surface area contributed by atoms with E-state index in [0.29, 0.717) is 29.7 Å². The zero-order chi connectivity index (χ0) is 11.5. The molecule has 2 atom stereocenters. The quantitative estimate of drug-likeness (QED) is 0.794. The molecule has 0 radical (unpaired) electrons. The highest BCUT2D eigenvalue weighted by atomic mass is 16.1. The summed E-state index contributed by atoms with van der Waals surface area (Å²) in [7, 11) is 0. The highest BCUT2D eigenvalue weighted by Gasteiger charge is 2.33. The van der Waals surface area contributed by atoms with Crippen LogP contribution >= 0.6 is 0 Å². The summed E-state index contributed by atoms with van der Waals surface area (Å²) >= 11 is 0. The summed E-state index contributed by atoms with van der Waals surface area (Å²) < 4.78 is 0. The zero-order valence-electron chi connectivity index (χ0n) is 10.7. The minimum Gasteiger partial charge on any atom is -0.311 e. The maximum Gasteiger partial charge on any atom is 0.136 e. The smallest absolute Gasteiger partial charge is 0.136 e. The van der Waals surface area contributed by atoms with Crippen LogP contribution in [0.15, 0.2) is 0 Å². The summed E-state index contributed by atoms with van der Waals surface area (Å²) in [6, 6.07) is 1.28. The lowest BCUT2D eigenvalue weighted by molar-refractivity contribution is -0.125. The van der Waals surface area contributed by atoms with Gasteiger partial charge in [0.25, 0.3) is 0 Å². The summed E-state index contributed by atoms with van der Waals surface area (Å²) in [6.45, 7) is 4.40. The van der Waals surface area contributed by atoms with Crippen molar-refractivity contribution in [3.8, 4) is 0 Å². The maximum atomic E-state index is 12.1. The monoisotopic (exact) mass is 223 g/mol. The van der Waals surface area contributed by atoms with Crippen molar-refractivity contribution in [2.24, 2.45) is 11.8 Å². The van der Waals surface area contributed by atoms with E-state index in [2.05, 4.69) is 19.2 Å². The first kappa shape index (κ1) is 12.1. The Bertz CT molecular complexity index is 237. The molecule has 0 amide bonds. The van der Waals surface area contributed by atoms with Gasteiger partial charge in [0.2, 0.25) is 0 Å². The lowest BCUT2D eigenvalue weighted by Crippen LogP contribution is -2.50. The van der Waals surface area contributed by atoms with Gasteiger partial charge in [-0.2, -0.15) is 0 Å². The molecule has 0 aliphatic carbocycles. The number of nitrogens with one attached hydrogen (secondary N) is 1. The average molecular weight is 223 g/mol. The molecule has 2 rings (SSSR count). The van der Waals surface area contributed by atoms with E-state index in [1.165, 1.54) is 19.3 Å². The van der Waals surface area contributed by atoms with Gasteiger partial charge in [0.05, 0.1) is 0 Å². The number of ketones is 1. The second-order valence-corrected chi connectivity index (χ2v) is 6.06. The third-order valence-electron chi connectivity index (χ3n) is 4.14. The molecule has 2 aliphatic rings. The molecule has 2 unspecified atom stereocenters. The molecule has 92 valence electrons. The lowest BCUT2D eigenvalue weighted by Gasteiger charge is -2.39. The molecular formula is C14H25NO. The van der Waals surface area contributed by atoms with E-state index in [1.54, 1.807) is 0 Å². The van der Waals surface area contributed by atoms with Crippen molar-refractivity contribution in [3.05, 3.63) is 0 Å². The van der Waals surface area contributed by atoms with E-state index >= 15 is 0 Å². The standard InChI is InChI=1S/C14H25NO/c1-10(2)6-7-14(16)11-8-12-4-3-5-13(9-11)15-12/h10-13,15H,3-9H2,1-2H3. The predicted molar refractivity (Wildman–Crippen MR) is 66.4 cm³/mol. The topological polar surface area (TPSA) is 29.1 Å². The normalized spacial score (nSPS) is 34.1. The fourth-order valence-corrected chi connectivity index (χ4v) is 3.16. The summed E-state index contributed by atoms with van der Waals surface area (Å²) in [6.07, 6.45) is 8.00. The molecule has 2 heteroatoms. The van der Waals surface area contributed by atoms with Gasteiger partial charge in [-0.25, -0.2) is 0 Å². The molecule has 2 bridgehead atoms. The van der Waals surface area contributed by atoms with Gasteiger partial charge in [-0.15, -0.1) is 0 Å². The molecule has 0 spiro atoms. The largest absolute Gasteiger partial charge is 0.311 e. The Morgan fingerprint density at radius 2 is 1.88 bits per heavy atom. The number of Topliss-reactive ketones (excluding diaryl/α,β-unsaturated/α-hetero) is 1. The second-order valence-electron chi connectivity index (χ2n) is 6.06. The van der Waals surface area contributed by atoms with Gasteiger partial charge in [0.15, 0.2) is 0 Å². The third-order valence-corrected chi connectivity index (χ3v) is 4.14. The Morgan fingerprint density at radius 1 is 1.25 bits per heavy atom. The zero-order valence-corrected chi connectivity index (χ0v) is 10.7. The number of fused-ring (bicyclic) bond motifs is 2. The molecule has 2 aliphatic heterocycles. The fourth-order valence-electron chi connectivity index (χ4n) is 3.16. The van der Waals surface area contributed by atoms with Crippen molar-refractivity contribution in [1.29, 1.82) is 0 Å². The SMILES string of the molecule is CC(C)CCC(=O)C1CC2CCCC(C1)N2. The molecule has 0 aromatic carbocycles. The molecule has 2 saturated heterocycles. The van der Waals surface area contributed by atoms with Gasteiger partial charge in [0, 0.05) is 24.4 Å². The molecule has 2 fully saturated rings. The van der Waals surface area contributed by atoms with E-state index < -0.39 is 0 Å². The average Bonchev–Trinajstić information content (AvgIpc) is 2.25. The van der Waals surface area contributed by atoms with Gasteiger partial charge >= 0.3 is 0 Å². The number of carbonyl (C=O) groups is 1. The van der Waals surface area contributed by atoms with Crippen molar-refractivity contribution in [1.82, 2.24) is 5.32 Å². The number of piperidine rings is 2. The second kappa shape index (κ2) is 5.31. The molecule has 16 heavy (non-hydrogen) atoms. The fraction of sp³-hybridized carbons (Fsp3) is 0.929. The number of hydrogen-bond acceptors (Lipinski definition) is 2. The Kier molecular flexibility index (Phi) is 4.01. The van der Waals surface area contributed by atoms with Crippen LogP contribution in [-0.2, 0) is 4.79 Å². The first-order valence-electron chi connectivity index (χ1n) is 6.94. The Balaban J connectivity index is 1.83. The summed E-state index contributed by atoms with van der Waals surface area (Å²) in [5.41, 5.74) is 0. The number of carbonyl (C=O) groups excluding carboxylic acids is 1. The molecule has 2 heterocycles. The third kappa shape index (κ3) is 3.07. The van der Waals surface area contributed by atoms with E-state index in [4.69, 9.17) is 0 Å². The number of rotatable bonds is 4. The highest BCUT2D eigenvalue weighted by molar-refractivity contribution is 5.81. The molecule has 0 saturated carbocycles. The molecule has 1 N–H and O–H groups in total. The molecular weight excluding hydrogens is 198 g/mol. The van der Waals surface area contributed by atoms with E-state index in [0.717, 1.165) is 25.7 Å². The molecule has 2 nitrogen and oxygen atoms in total. The molecule has 0 aromatic heterocycles. The van der Waals surface area contributed by atoms with Crippen LogP contribution in [0.2, 0.25) is 0 Å². The van der Waals surface area contributed by atoms with Crippen LogP contribution in [-0.4, -0.2) is 17.9 Å². The van der Waals surface area contributed by atoms with E-state index in [1.807, 2.05) is 0 Å². The van der Waals surface area contributed by atoms with Crippen LogP contribution < -0.4 is 5.32 Å². The van der Waals surface area contributed by atoms with E-state index in [9.17, 15) is 4.79 Å². The van der Waals surface area contributed by atoms with Gasteiger partial charge in [0.1, 0.15) is 5.78 Å². The lowest BCUT2D eigenvalue weighted by atomic mass is 9.77. The summed E-state index contributed by atoms with van der Waals surface area (Å²) in [4.78, 5) is 12.1. The Hall–Kier alpha value is -0.370. The van der Waals surface area contributed by atoms with E-state index in [-0.39, 0.29) is 0 Å². The van der Waals surface area contributed by atoms with Gasteiger partial charge in [-0.05, 0) is 38.0 Å². The number of hydrogen-bond donors (Lipinski definition) is 1. The van der Waals surface area contributed by atoms with Crippen LogP contribution in [0, 0.1) is 11.8 Å². The predicted octanol–water partition coefficient (Wildman–Crippen LogP) is 2.91. The van der Waals surface area contributed by atoms with Crippen LogP contribution in [0.4, 0.5) is 0 Å². The van der Waals surface area contributed by atoms with Crippen molar-refractivity contribution >= 4 is 5.78 Å². The Morgan fingerprint density at radius 3 is 2.44 bits per heavy atom. The van der Waals surface area contributed by atoms with Gasteiger partial charge < -0.3 is 5.32 Å². The summed E-state index contributed by atoms with van der Waals surface area (Å²) in [5, 5.41) is 3.65. The highest BCUT2D eigenvalue weighted by Crippen LogP contribution is 2.31. The van der Waals surface area contributed by atoms with Crippen LogP contribution in [0.5, 0.6) is 0 Å². The Labute approximate surface area is 99.2 Å². The minimum atomic E-state index is 0.371. The first-order chi connectivity index (χ1) is 7.65. The first-order valence-corrected chi connectivity index (χ1v) is 6.94. The minimum absolute atomic E-state index is 0.371. The van der Waals surface area contributed by atoms with Crippen molar-refractivity contribution in [2.75, 3.05) is 0 Å². The van der Waals surface area contributed by atoms with Gasteiger partial charge in [-0.1, -0.05) is 20.3 Å². The van der Waals surface area contributed by atoms with Crippen molar-refractivity contribution in [2.45, 2.75) is 70.9 Å². The molecule has 0 aromatic rings. The van der Waals surface area contributed by atoms with Crippen LogP contribution in [0.25, 0.3) is 0 Å². The van der Waals surface area contributed by atoms with Crippen molar-refractivity contribution < 1.29 is 4.79 Å². The van der Waals surface area contributed by atoms with Crippen LogP contribution in [0.3, 0.4) is 0 Å². The van der Waals surface area contributed by atoms with Gasteiger partial charge in [-0.3, -0.25) is 4.79 Å².